The number of nitrogens with zero attached hydrogens (tertiary/aromatic N) is 1. The summed E-state index contributed by atoms with van der Waals surface area (Å²) >= 11 is 0. The Hall–Kier alpha value is -2.24. The van der Waals surface area contributed by atoms with Gasteiger partial charge in [0.25, 0.3) is 5.69 Å². The number of esters is 1. The third kappa shape index (κ3) is 2.91. The summed E-state index contributed by atoms with van der Waals surface area (Å²) in [5.74, 6) is -0.979. The van der Waals surface area contributed by atoms with Crippen molar-refractivity contribution in [1.29, 1.82) is 0 Å². The number of rotatable bonds is 5. The van der Waals surface area contributed by atoms with Gasteiger partial charge in [-0.05, 0) is 19.1 Å². The number of ether oxygens (including phenoxy) is 1. The normalized spacial score (nSPS) is 9.89. The summed E-state index contributed by atoms with van der Waals surface area (Å²) in [6.45, 7) is 3.44. The molecule has 0 heterocycles. The number of hydrogen-bond donors (Lipinski definition) is 0. The van der Waals surface area contributed by atoms with Crippen LogP contribution in [0.2, 0.25) is 0 Å². The summed E-state index contributed by atoms with van der Waals surface area (Å²) in [7, 11) is 0. The van der Waals surface area contributed by atoms with Crippen LogP contribution in [0.3, 0.4) is 0 Å². The summed E-state index contributed by atoms with van der Waals surface area (Å²) < 4.78 is 4.74. The van der Waals surface area contributed by atoms with Crippen LogP contribution in [-0.2, 0) is 4.74 Å². The molecule has 0 unspecified atom stereocenters. The molecule has 6 nitrogen and oxygen atoms in total. The molecule has 96 valence electrons. The summed E-state index contributed by atoms with van der Waals surface area (Å²) in [5.41, 5.74) is -0.292. The highest BCUT2D eigenvalue weighted by Crippen LogP contribution is 2.22. The molecule has 0 bridgehead atoms. The van der Waals surface area contributed by atoms with Crippen molar-refractivity contribution in [3.8, 4) is 0 Å². The number of nitro groups is 1. The molecule has 0 fully saturated rings. The Morgan fingerprint density at radius 1 is 1.33 bits per heavy atom. The Morgan fingerprint density at radius 2 is 2.00 bits per heavy atom. The van der Waals surface area contributed by atoms with Crippen molar-refractivity contribution < 1.29 is 19.2 Å². The number of benzene rings is 1. The molecular formula is C12H13NO5. The van der Waals surface area contributed by atoms with Gasteiger partial charge in [-0.2, -0.15) is 0 Å². The molecule has 1 aromatic rings. The van der Waals surface area contributed by atoms with Gasteiger partial charge in [-0.3, -0.25) is 14.9 Å². The van der Waals surface area contributed by atoms with Crippen LogP contribution in [0, 0.1) is 10.1 Å². The maximum absolute atomic E-state index is 11.5. The first-order valence-corrected chi connectivity index (χ1v) is 5.50. The predicted octanol–water partition coefficient (Wildman–Crippen LogP) is 2.36. The van der Waals surface area contributed by atoms with Gasteiger partial charge in [0.1, 0.15) is 0 Å². The molecule has 18 heavy (non-hydrogen) atoms. The number of carbonyl (C=O) groups is 2. The summed E-state index contributed by atoms with van der Waals surface area (Å²) in [6, 6.07) is 3.71. The van der Waals surface area contributed by atoms with Crippen molar-refractivity contribution in [2.24, 2.45) is 0 Å². The van der Waals surface area contributed by atoms with Gasteiger partial charge >= 0.3 is 5.97 Å². The molecule has 0 radical (unpaired) electrons. The summed E-state index contributed by atoms with van der Waals surface area (Å²) in [4.78, 5) is 33.2. The molecule has 0 aliphatic rings. The molecule has 0 saturated heterocycles. The van der Waals surface area contributed by atoms with Gasteiger partial charge in [0.15, 0.2) is 5.78 Å². The Bertz CT molecular complexity index is 495. The van der Waals surface area contributed by atoms with E-state index in [0.29, 0.717) is 0 Å². The molecule has 0 amide bonds. The average Bonchev–Trinajstić information content (AvgIpc) is 2.37. The van der Waals surface area contributed by atoms with E-state index in [0.717, 1.165) is 6.07 Å². The minimum atomic E-state index is -0.675. The van der Waals surface area contributed by atoms with Crippen molar-refractivity contribution in [2.75, 3.05) is 6.61 Å². The monoisotopic (exact) mass is 251 g/mol. The number of carbonyl (C=O) groups excluding carboxylic acids is 2. The quantitative estimate of drug-likeness (QED) is 0.347. The molecule has 0 atom stereocenters. The largest absolute Gasteiger partial charge is 0.462 e. The lowest BCUT2D eigenvalue weighted by atomic mass is 10.0. The lowest BCUT2D eigenvalue weighted by molar-refractivity contribution is -0.385. The van der Waals surface area contributed by atoms with Crippen LogP contribution >= 0.6 is 0 Å². The van der Waals surface area contributed by atoms with Gasteiger partial charge in [0.05, 0.1) is 22.7 Å². The maximum Gasteiger partial charge on any atom is 0.338 e. The lowest BCUT2D eigenvalue weighted by Crippen LogP contribution is -2.08. The fourth-order valence-corrected chi connectivity index (χ4v) is 1.45. The summed E-state index contributed by atoms with van der Waals surface area (Å²) in [5, 5.41) is 10.9. The molecule has 1 aromatic carbocycles. The average molecular weight is 251 g/mol. The van der Waals surface area contributed by atoms with Crippen LogP contribution in [0.1, 0.15) is 41.0 Å². The molecule has 0 aromatic heterocycles. The van der Waals surface area contributed by atoms with Crippen LogP contribution in [0.25, 0.3) is 0 Å². The Labute approximate surface area is 104 Å². The zero-order chi connectivity index (χ0) is 13.7. The Morgan fingerprint density at radius 3 is 2.50 bits per heavy atom. The second-order valence-electron chi connectivity index (χ2n) is 3.49. The van der Waals surface area contributed by atoms with E-state index in [-0.39, 0.29) is 35.6 Å². The standard InChI is InChI=1S/C12H13NO5/c1-3-11(14)9-6-5-8(12(15)18-4-2)7-10(9)13(16)17/h5-7H,3-4H2,1-2H3. The van der Waals surface area contributed by atoms with Crippen LogP contribution in [0.15, 0.2) is 18.2 Å². The van der Waals surface area contributed by atoms with E-state index < -0.39 is 10.9 Å². The van der Waals surface area contributed by atoms with Crippen molar-refractivity contribution in [3.05, 3.63) is 39.4 Å². The maximum atomic E-state index is 11.5. The number of ketones is 1. The van der Waals surface area contributed by atoms with E-state index >= 15 is 0 Å². The molecular weight excluding hydrogens is 238 g/mol. The third-order valence-corrected chi connectivity index (χ3v) is 2.33. The highest BCUT2D eigenvalue weighted by atomic mass is 16.6. The van der Waals surface area contributed by atoms with Gasteiger partial charge in [0.2, 0.25) is 0 Å². The van der Waals surface area contributed by atoms with Gasteiger partial charge in [-0.1, -0.05) is 6.92 Å². The van der Waals surface area contributed by atoms with Gasteiger partial charge < -0.3 is 4.74 Å². The molecule has 1 rings (SSSR count). The van der Waals surface area contributed by atoms with Gasteiger partial charge in [-0.15, -0.1) is 0 Å². The predicted molar refractivity (Wildman–Crippen MR) is 63.7 cm³/mol. The summed E-state index contributed by atoms with van der Waals surface area (Å²) in [6.07, 6.45) is 0.166. The Kier molecular flexibility index (Phi) is 4.53. The van der Waals surface area contributed by atoms with E-state index in [9.17, 15) is 19.7 Å². The van der Waals surface area contributed by atoms with Crippen LogP contribution in [0.5, 0.6) is 0 Å². The fourth-order valence-electron chi connectivity index (χ4n) is 1.45. The zero-order valence-corrected chi connectivity index (χ0v) is 10.1. The molecule has 0 spiro atoms. The molecule has 0 N–H and O–H groups in total. The first kappa shape index (κ1) is 13.8. The van der Waals surface area contributed by atoms with Crippen molar-refractivity contribution >= 4 is 17.4 Å². The van der Waals surface area contributed by atoms with Crippen molar-refractivity contribution in [2.45, 2.75) is 20.3 Å². The second-order valence-corrected chi connectivity index (χ2v) is 3.49. The number of nitro benzene ring substituents is 1. The Balaban J connectivity index is 3.23. The van der Waals surface area contributed by atoms with Crippen LogP contribution in [0.4, 0.5) is 5.69 Å². The first-order chi connectivity index (χ1) is 8.51. The van der Waals surface area contributed by atoms with E-state index in [4.69, 9.17) is 4.74 Å². The lowest BCUT2D eigenvalue weighted by Gasteiger charge is -2.04. The molecule has 0 saturated carbocycles. The van der Waals surface area contributed by atoms with Gasteiger partial charge in [0, 0.05) is 12.5 Å². The van der Waals surface area contributed by atoms with Crippen molar-refractivity contribution in [3.63, 3.8) is 0 Å². The fraction of sp³-hybridized carbons (Fsp3) is 0.333. The minimum absolute atomic E-state index is 0.00977. The highest BCUT2D eigenvalue weighted by molar-refractivity contribution is 6.01. The van der Waals surface area contributed by atoms with Crippen LogP contribution < -0.4 is 0 Å². The van der Waals surface area contributed by atoms with E-state index in [2.05, 4.69) is 0 Å². The zero-order valence-electron chi connectivity index (χ0n) is 10.1. The highest BCUT2D eigenvalue weighted by Gasteiger charge is 2.21. The number of hydrogen-bond acceptors (Lipinski definition) is 5. The van der Waals surface area contributed by atoms with E-state index in [1.165, 1.54) is 12.1 Å². The second kappa shape index (κ2) is 5.90. The third-order valence-electron chi connectivity index (χ3n) is 2.33. The van der Waals surface area contributed by atoms with Crippen molar-refractivity contribution in [1.82, 2.24) is 0 Å². The molecule has 0 aliphatic carbocycles. The minimum Gasteiger partial charge on any atom is -0.462 e. The van der Waals surface area contributed by atoms with Gasteiger partial charge in [-0.25, -0.2) is 4.79 Å². The SMILES string of the molecule is CCOC(=O)c1ccc(C(=O)CC)c([N+](=O)[O-])c1. The van der Waals surface area contributed by atoms with E-state index in [1.807, 2.05) is 0 Å². The van der Waals surface area contributed by atoms with Crippen LogP contribution in [-0.4, -0.2) is 23.3 Å². The smallest absolute Gasteiger partial charge is 0.338 e. The number of Topliss-reactive ketones (excluding diaryl/α,β-unsaturated/α-hetero) is 1. The molecule has 6 heteroatoms. The topological polar surface area (TPSA) is 86.5 Å². The molecule has 0 aliphatic heterocycles. The van der Waals surface area contributed by atoms with E-state index in [1.54, 1.807) is 13.8 Å². The first-order valence-electron chi connectivity index (χ1n) is 5.50.